The summed E-state index contributed by atoms with van der Waals surface area (Å²) in [4.78, 5) is 24.6. The predicted octanol–water partition coefficient (Wildman–Crippen LogP) is 1.71. The van der Waals surface area contributed by atoms with Crippen LogP contribution in [0.1, 0.15) is 18.4 Å². The van der Waals surface area contributed by atoms with E-state index >= 15 is 0 Å². The fourth-order valence-electron chi connectivity index (χ4n) is 1.95. The van der Waals surface area contributed by atoms with Gasteiger partial charge >= 0.3 is 0 Å². The third-order valence-electron chi connectivity index (χ3n) is 3.06. The van der Waals surface area contributed by atoms with Gasteiger partial charge in [-0.15, -0.1) is 0 Å². The highest BCUT2D eigenvalue weighted by Gasteiger charge is 2.22. The van der Waals surface area contributed by atoms with Crippen LogP contribution in [0.25, 0.3) is 6.08 Å². The molecule has 0 spiro atoms. The van der Waals surface area contributed by atoms with Gasteiger partial charge in [0.1, 0.15) is 0 Å². The predicted molar refractivity (Wildman–Crippen MR) is 74.4 cm³/mol. The molecular weight excluding hydrogens is 256 g/mol. The molecule has 0 saturated carbocycles. The van der Waals surface area contributed by atoms with Crippen LogP contribution in [0.4, 0.5) is 0 Å². The standard InChI is InChI=1S/C15H16N2O3/c18-14(16-20)7-6-13-9-11-17(15(13)19)10-8-12-4-2-1-3-5-12/h1-5,8-10,20H,6-7,11H2,(H,16,18). The number of hydrogen-bond acceptors (Lipinski definition) is 3. The van der Waals surface area contributed by atoms with Crippen LogP contribution in [0.2, 0.25) is 0 Å². The van der Waals surface area contributed by atoms with E-state index in [1.54, 1.807) is 16.6 Å². The van der Waals surface area contributed by atoms with Crippen molar-refractivity contribution < 1.29 is 14.8 Å². The summed E-state index contributed by atoms with van der Waals surface area (Å²) in [6, 6.07) is 9.71. The lowest BCUT2D eigenvalue weighted by molar-refractivity contribution is -0.129. The quantitative estimate of drug-likeness (QED) is 0.633. The Morgan fingerprint density at radius 2 is 2.10 bits per heavy atom. The molecule has 1 heterocycles. The maximum Gasteiger partial charge on any atom is 0.253 e. The van der Waals surface area contributed by atoms with E-state index in [0.717, 1.165) is 5.56 Å². The van der Waals surface area contributed by atoms with Crippen LogP contribution >= 0.6 is 0 Å². The van der Waals surface area contributed by atoms with E-state index in [4.69, 9.17) is 5.21 Å². The van der Waals surface area contributed by atoms with Crippen molar-refractivity contribution in [3.05, 3.63) is 53.7 Å². The van der Waals surface area contributed by atoms with Crippen molar-refractivity contribution in [1.29, 1.82) is 0 Å². The molecule has 104 valence electrons. The largest absolute Gasteiger partial charge is 0.311 e. The molecule has 2 N–H and O–H groups in total. The summed E-state index contributed by atoms with van der Waals surface area (Å²) < 4.78 is 0. The first kappa shape index (κ1) is 14.0. The zero-order valence-electron chi connectivity index (χ0n) is 11.0. The Morgan fingerprint density at radius 1 is 1.35 bits per heavy atom. The minimum atomic E-state index is -0.489. The van der Waals surface area contributed by atoms with Crippen LogP contribution in [-0.2, 0) is 9.59 Å². The third kappa shape index (κ3) is 3.55. The summed E-state index contributed by atoms with van der Waals surface area (Å²) in [6.07, 6.45) is 5.86. The number of carbonyl (C=O) groups excluding carboxylic acids is 2. The number of nitrogens with one attached hydrogen (secondary N) is 1. The van der Waals surface area contributed by atoms with Gasteiger partial charge in [-0.3, -0.25) is 14.8 Å². The van der Waals surface area contributed by atoms with Crippen molar-refractivity contribution in [1.82, 2.24) is 10.4 Å². The first-order chi connectivity index (χ1) is 9.70. The average Bonchev–Trinajstić information content (AvgIpc) is 2.84. The highest BCUT2D eigenvalue weighted by molar-refractivity contribution is 5.97. The molecule has 2 rings (SSSR count). The van der Waals surface area contributed by atoms with Crippen molar-refractivity contribution in [3.63, 3.8) is 0 Å². The van der Waals surface area contributed by atoms with Crippen LogP contribution in [0.15, 0.2) is 48.2 Å². The number of carbonyl (C=O) groups is 2. The number of nitrogens with zero attached hydrogens (tertiary/aromatic N) is 1. The highest BCUT2D eigenvalue weighted by Crippen LogP contribution is 2.17. The van der Waals surface area contributed by atoms with Crippen LogP contribution in [0.5, 0.6) is 0 Å². The van der Waals surface area contributed by atoms with Gasteiger partial charge < -0.3 is 4.90 Å². The van der Waals surface area contributed by atoms with Crippen molar-refractivity contribution in [2.45, 2.75) is 12.8 Å². The second-order valence-electron chi connectivity index (χ2n) is 4.45. The minimum absolute atomic E-state index is 0.0945. The summed E-state index contributed by atoms with van der Waals surface area (Å²) in [6.45, 7) is 0.512. The summed E-state index contributed by atoms with van der Waals surface area (Å²) in [7, 11) is 0. The van der Waals surface area contributed by atoms with E-state index in [2.05, 4.69) is 0 Å². The molecule has 0 unspecified atom stereocenters. The van der Waals surface area contributed by atoms with Gasteiger partial charge in [0.15, 0.2) is 0 Å². The van der Waals surface area contributed by atoms with Crippen molar-refractivity contribution in [2.75, 3.05) is 6.54 Å². The fourth-order valence-corrected chi connectivity index (χ4v) is 1.95. The van der Waals surface area contributed by atoms with E-state index in [0.29, 0.717) is 18.5 Å². The van der Waals surface area contributed by atoms with Gasteiger partial charge in [0.05, 0.1) is 0 Å². The van der Waals surface area contributed by atoms with E-state index in [1.807, 2.05) is 42.5 Å². The van der Waals surface area contributed by atoms with E-state index in [-0.39, 0.29) is 12.3 Å². The maximum absolute atomic E-state index is 12.0. The number of hydroxylamine groups is 1. The Hall–Kier alpha value is -2.40. The molecular formula is C15H16N2O3. The van der Waals surface area contributed by atoms with Gasteiger partial charge in [0.25, 0.3) is 5.91 Å². The minimum Gasteiger partial charge on any atom is -0.311 e. The molecule has 0 atom stereocenters. The van der Waals surface area contributed by atoms with Crippen LogP contribution < -0.4 is 5.48 Å². The molecule has 1 aromatic carbocycles. The lowest BCUT2D eigenvalue weighted by Crippen LogP contribution is -2.22. The first-order valence-corrected chi connectivity index (χ1v) is 6.37. The molecule has 5 heteroatoms. The first-order valence-electron chi connectivity index (χ1n) is 6.37. The number of benzene rings is 1. The van der Waals surface area contributed by atoms with Gasteiger partial charge in [0.2, 0.25) is 5.91 Å². The van der Waals surface area contributed by atoms with Gasteiger partial charge in [0, 0.05) is 24.7 Å². The molecule has 1 aliphatic heterocycles. The molecule has 0 saturated heterocycles. The van der Waals surface area contributed by atoms with Gasteiger partial charge in [-0.25, -0.2) is 5.48 Å². The van der Waals surface area contributed by atoms with Crippen LogP contribution in [0, 0.1) is 0 Å². The van der Waals surface area contributed by atoms with Crippen molar-refractivity contribution >= 4 is 17.9 Å². The molecule has 0 aromatic heterocycles. The van der Waals surface area contributed by atoms with Gasteiger partial charge in [-0.1, -0.05) is 36.4 Å². The monoisotopic (exact) mass is 272 g/mol. The zero-order valence-corrected chi connectivity index (χ0v) is 11.0. The fraction of sp³-hybridized carbons (Fsp3) is 0.200. The second kappa shape index (κ2) is 6.68. The molecule has 0 bridgehead atoms. The summed E-state index contributed by atoms with van der Waals surface area (Å²) in [5.41, 5.74) is 3.18. The molecule has 0 aliphatic carbocycles. The Morgan fingerprint density at radius 3 is 2.80 bits per heavy atom. The Balaban J connectivity index is 1.90. The summed E-state index contributed by atoms with van der Waals surface area (Å²) in [5.74, 6) is -0.583. The lowest BCUT2D eigenvalue weighted by atomic mass is 10.1. The zero-order chi connectivity index (χ0) is 14.4. The highest BCUT2D eigenvalue weighted by atomic mass is 16.5. The summed E-state index contributed by atoms with van der Waals surface area (Å²) >= 11 is 0. The number of hydrogen-bond donors (Lipinski definition) is 2. The SMILES string of the molecule is O=C(CCC1=CCN(C=Cc2ccccc2)C1=O)NO. The van der Waals surface area contributed by atoms with Crippen LogP contribution in [0.3, 0.4) is 0 Å². The lowest BCUT2D eigenvalue weighted by Gasteiger charge is -2.10. The normalized spacial score (nSPS) is 14.8. The Labute approximate surface area is 117 Å². The van der Waals surface area contributed by atoms with Crippen molar-refractivity contribution in [3.8, 4) is 0 Å². The topological polar surface area (TPSA) is 69.6 Å². The maximum atomic E-state index is 12.0. The molecule has 0 radical (unpaired) electrons. The van der Waals surface area contributed by atoms with Gasteiger partial charge in [-0.05, 0) is 18.1 Å². The Bertz CT molecular complexity index is 549. The van der Waals surface area contributed by atoms with Gasteiger partial charge in [-0.2, -0.15) is 0 Å². The Kier molecular flexibility index (Phi) is 4.68. The molecule has 5 nitrogen and oxygen atoms in total. The van der Waals surface area contributed by atoms with E-state index in [9.17, 15) is 9.59 Å². The van der Waals surface area contributed by atoms with E-state index < -0.39 is 5.91 Å². The van der Waals surface area contributed by atoms with E-state index in [1.165, 1.54) is 0 Å². The third-order valence-corrected chi connectivity index (χ3v) is 3.06. The molecule has 2 amide bonds. The molecule has 1 aromatic rings. The number of rotatable bonds is 5. The van der Waals surface area contributed by atoms with Crippen molar-refractivity contribution in [2.24, 2.45) is 0 Å². The second-order valence-corrected chi connectivity index (χ2v) is 4.45. The average molecular weight is 272 g/mol. The number of amides is 2. The van der Waals surface area contributed by atoms with Crippen LogP contribution in [-0.4, -0.2) is 28.5 Å². The molecule has 1 aliphatic rings. The summed E-state index contributed by atoms with van der Waals surface area (Å²) in [5, 5.41) is 8.41. The smallest absolute Gasteiger partial charge is 0.253 e. The molecule has 0 fully saturated rings. The molecule has 20 heavy (non-hydrogen) atoms.